The number of rotatable bonds is 4. The van der Waals surface area contributed by atoms with Crippen molar-refractivity contribution >= 4 is 5.69 Å². The highest BCUT2D eigenvalue weighted by Crippen LogP contribution is 2.32. The molecule has 0 aliphatic carbocycles. The lowest BCUT2D eigenvalue weighted by molar-refractivity contribution is 0.356. The van der Waals surface area contributed by atoms with Crippen molar-refractivity contribution in [1.29, 1.82) is 0 Å². The van der Waals surface area contributed by atoms with E-state index in [2.05, 4.69) is 19.2 Å². The molecule has 1 heterocycles. The van der Waals surface area contributed by atoms with Gasteiger partial charge in [-0.25, -0.2) is 8.78 Å². The number of benzene rings is 1. The summed E-state index contributed by atoms with van der Waals surface area (Å²) in [5, 5.41) is 3.09. The second-order valence-electron chi connectivity index (χ2n) is 5.74. The average Bonchev–Trinajstić information content (AvgIpc) is 2.40. The molecule has 1 saturated heterocycles. The molecule has 0 aromatic heterocycles. The smallest absolute Gasteiger partial charge is 0.149 e. The molecule has 2 unspecified atom stereocenters. The number of nitrogens with zero attached hydrogens (tertiary/aromatic N) is 1. The quantitative estimate of drug-likeness (QED) is 0.906. The van der Waals surface area contributed by atoms with Crippen molar-refractivity contribution in [2.75, 3.05) is 18.0 Å². The molecule has 1 aromatic carbocycles. The molecular formula is C16H24F2N2. The second kappa shape index (κ2) is 6.53. The van der Waals surface area contributed by atoms with Crippen molar-refractivity contribution < 1.29 is 8.78 Å². The maximum absolute atomic E-state index is 14.3. The molecule has 1 fully saturated rings. The van der Waals surface area contributed by atoms with Crippen molar-refractivity contribution in [1.82, 2.24) is 5.32 Å². The lowest BCUT2D eigenvalue weighted by Gasteiger charge is -2.39. The van der Waals surface area contributed by atoms with E-state index in [1.165, 1.54) is 12.1 Å². The summed E-state index contributed by atoms with van der Waals surface area (Å²) in [5.74, 6) is -0.429. The van der Waals surface area contributed by atoms with Crippen LogP contribution in [-0.4, -0.2) is 19.1 Å². The molecule has 0 bridgehead atoms. The van der Waals surface area contributed by atoms with Crippen LogP contribution in [0.5, 0.6) is 0 Å². The molecule has 2 atom stereocenters. The van der Waals surface area contributed by atoms with Gasteiger partial charge < -0.3 is 10.2 Å². The van der Waals surface area contributed by atoms with Crippen LogP contribution < -0.4 is 10.2 Å². The molecule has 4 heteroatoms. The van der Waals surface area contributed by atoms with Gasteiger partial charge in [0.15, 0.2) is 0 Å². The zero-order valence-corrected chi connectivity index (χ0v) is 12.5. The van der Waals surface area contributed by atoms with E-state index in [1.807, 2.05) is 11.8 Å². The largest absolute Gasteiger partial charge is 0.364 e. The minimum absolute atomic E-state index is 0.143. The Kier molecular flexibility index (Phi) is 4.97. The summed E-state index contributed by atoms with van der Waals surface area (Å²) in [5.41, 5.74) is 0.799. The Hall–Kier alpha value is -1.16. The lowest BCUT2D eigenvalue weighted by atomic mass is 9.91. The predicted octanol–water partition coefficient (Wildman–Crippen LogP) is 3.70. The van der Waals surface area contributed by atoms with Crippen LogP contribution >= 0.6 is 0 Å². The first-order valence-electron chi connectivity index (χ1n) is 7.49. The van der Waals surface area contributed by atoms with Gasteiger partial charge in [0.1, 0.15) is 17.3 Å². The molecule has 1 N–H and O–H groups in total. The fourth-order valence-electron chi connectivity index (χ4n) is 2.91. The zero-order chi connectivity index (χ0) is 14.7. The van der Waals surface area contributed by atoms with Gasteiger partial charge in [-0.1, -0.05) is 13.8 Å². The minimum Gasteiger partial charge on any atom is -0.364 e. The van der Waals surface area contributed by atoms with Gasteiger partial charge in [-0.05, 0) is 49.9 Å². The fourth-order valence-corrected chi connectivity index (χ4v) is 2.91. The number of hydrogen-bond donors (Lipinski definition) is 1. The van der Waals surface area contributed by atoms with Gasteiger partial charge in [0.05, 0.1) is 0 Å². The zero-order valence-electron chi connectivity index (χ0n) is 12.5. The maximum atomic E-state index is 14.3. The number of hydrogen-bond acceptors (Lipinski definition) is 2. The molecule has 2 rings (SSSR count). The first-order valence-corrected chi connectivity index (χ1v) is 7.49. The number of anilines is 1. The maximum Gasteiger partial charge on any atom is 0.149 e. The Bertz CT molecular complexity index is 439. The highest BCUT2D eigenvalue weighted by Gasteiger charge is 2.28. The summed E-state index contributed by atoms with van der Waals surface area (Å²) in [6.45, 7) is 8.17. The van der Waals surface area contributed by atoms with Crippen LogP contribution in [0.2, 0.25) is 0 Å². The summed E-state index contributed by atoms with van der Waals surface area (Å²) in [7, 11) is 0. The van der Waals surface area contributed by atoms with Gasteiger partial charge in [0, 0.05) is 19.1 Å². The SMILES string of the molecule is CCNCc1cc(F)c(N2CCCC(C)C2C)c(F)c1. The van der Waals surface area contributed by atoms with E-state index in [0.29, 0.717) is 18.0 Å². The molecule has 1 aromatic rings. The van der Waals surface area contributed by atoms with Gasteiger partial charge in [0.25, 0.3) is 0 Å². The summed E-state index contributed by atoms with van der Waals surface area (Å²) in [6, 6.07) is 3.08. The molecule has 1 aliphatic heterocycles. The van der Waals surface area contributed by atoms with E-state index in [0.717, 1.165) is 25.9 Å². The van der Waals surface area contributed by atoms with E-state index >= 15 is 0 Å². The van der Waals surface area contributed by atoms with Crippen molar-refractivity contribution in [2.45, 2.75) is 46.2 Å². The molecule has 112 valence electrons. The fraction of sp³-hybridized carbons (Fsp3) is 0.625. The van der Waals surface area contributed by atoms with Crippen LogP contribution in [0.3, 0.4) is 0 Å². The molecule has 2 nitrogen and oxygen atoms in total. The monoisotopic (exact) mass is 282 g/mol. The number of nitrogens with one attached hydrogen (secondary N) is 1. The van der Waals surface area contributed by atoms with Crippen molar-refractivity contribution in [3.05, 3.63) is 29.3 Å². The Morgan fingerprint density at radius 2 is 1.90 bits per heavy atom. The number of halogens is 2. The Balaban J connectivity index is 2.27. The van der Waals surface area contributed by atoms with Gasteiger partial charge in [-0.15, -0.1) is 0 Å². The summed E-state index contributed by atoms with van der Waals surface area (Å²) in [4.78, 5) is 1.88. The van der Waals surface area contributed by atoms with Crippen molar-refractivity contribution in [2.24, 2.45) is 5.92 Å². The van der Waals surface area contributed by atoms with Crippen LogP contribution in [0.15, 0.2) is 12.1 Å². The topological polar surface area (TPSA) is 15.3 Å². The molecule has 20 heavy (non-hydrogen) atoms. The van der Waals surface area contributed by atoms with E-state index < -0.39 is 11.6 Å². The van der Waals surface area contributed by atoms with E-state index in [1.54, 1.807) is 0 Å². The van der Waals surface area contributed by atoms with Crippen LogP contribution in [0.1, 0.15) is 39.2 Å². The van der Waals surface area contributed by atoms with E-state index in [4.69, 9.17) is 0 Å². The first kappa shape index (κ1) is 15.2. The Morgan fingerprint density at radius 1 is 1.25 bits per heavy atom. The van der Waals surface area contributed by atoms with Crippen LogP contribution in [0, 0.1) is 17.6 Å². The molecule has 0 amide bonds. The molecular weight excluding hydrogens is 258 g/mol. The van der Waals surface area contributed by atoms with Crippen molar-refractivity contribution in [3.63, 3.8) is 0 Å². The van der Waals surface area contributed by atoms with Crippen LogP contribution in [-0.2, 0) is 6.54 Å². The highest BCUT2D eigenvalue weighted by atomic mass is 19.1. The molecule has 0 spiro atoms. The second-order valence-corrected chi connectivity index (χ2v) is 5.74. The standard InChI is InChI=1S/C16H24F2N2/c1-4-19-10-13-8-14(17)16(15(18)9-13)20-7-5-6-11(2)12(20)3/h8-9,11-12,19H,4-7,10H2,1-3H3. The third-order valence-electron chi connectivity index (χ3n) is 4.32. The summed E-state index contributed by atoms with van der Waals surface area (Å²) < 4.78 is 28.6. The van der Waals surface area contributed by atoms with Gasteiger partial charge in [-0.2, -0.15) is 0 Å². The third-order valence-corrected chi connectivity index (χ3v) is 4.32. The van der Waals surface area contributed by atoms with Crippen LogP contribution in [0.4, 0.5) is 14.5 Å². The van der Waals surface area contributed by atoms with E-state index in [-0.39, 0.29) is 11.7 Å². The van der Waals surface area contributed by atoms with Gasteiger partial charge >= 0.3 is 0 Å². The Morgan fingerprint density at radius 3 is 2.50 bits per heavy atom. The predicted molar refractivity (Wildman–Crippen MR) is 78.9 cm³/mol. The minimum atomic E-state index is -0.446. The van der Waals surface area contributed by atoms with Gasteiger partial charge in [-0.3, -0.25) is 0 Å². The normalized spacial score (nSPS) is 23.1. The van der Waals surface area contributed by atoms with E-state index in [9.17, 15) is 8.78 Å². The third kappa shape index (κ3) is 3.11. The molecule has 0 radical (unpaired) electrons. The summed E-state index contributed by atoms with van der Waals surface area (Å²) >= 11 is 0. The molecule has 0 saturated carbocycles. The summed E-state index contributed by atoms with van der Waals surface area (Å²) in [6.07, 6.45) is 2.11. The molecule has 1 aliphatic rings. The Labute approximate surface area is 120 Å². The first-order chi connectivity index (χ1) is 9.54. The average molecular weight is 282 g/mol. The van der Waals surface area contributed by atoms with Crippen LogP contribution in [0.25, 0.3) is 0 Å². The number of piperidine rings is 1. The lowest BCUT2D eigenvalue weighted by Crippen LogP contribution is -2.43. The van der Waals surface area contributed by atoms with Gasteiger partial charge in [0.2, 0.25) is 0 Å². The van der Waals surface area contributed by atoms with Crippen molar-refractivity contribution in [3.8, 4) is 0 Å². The highest BCUT2D eigenvalue weighted by molar-refractivity contribution is 5.52.